The summed E-state index contributed by atoms with van der Waals surface area (Å²) in [6.07, 6.45) is 0.428. The molecule has 0 aliphatic heterocycles. The zero-order chi connectivity index (χ0) is 15.1. The number of benzene rings is 1. The predicted octanol–water partition coefficient (Wildman–Crippen LogP) is 1.74. The second-order valence-electron chi connectivity index (χ2n) is 5.02. The van der Waals surface area contributed by atoms with Crippen LogP contribution in [0.4, 0.5) is 0 Å². The van der Waals surface area contributed by atoms with Gasteiger partial charge in [-0.1, -0.05) is 18.2 Å². The fourth-order valence-corrected chi connectivity index (χ4v) is 1.81. The Bertz CT molecular complexity index is 566. The molecule has 0 bridgehead atoms. The summed E-state index contributed by atoms with van der Waals surface area (Å²) in [5, 5.41) is 13.9. The Morgan fingerprint density at radius 3 is 2.71 bits per heavy atom. The van der Waals surface area contributed by atoms with Gasteiger partial charge >= 0.3 is 0 Å². The normalized spacial score (nSPS) is 10.8. The summed E-state index contributed by atoms with van der Waals surface area (Å²) in [6, 6.07) is 9.78. The fraction of sp³-hybridized carbons (Fsp3) is 0.400. The van der Waals surface area contributed by atoms with Gasteiger partial charge in [0.2, 0.25) is 17.7 Å². The summed E-state index contributed by atoms with van der Waals surface area (Å²) in [7, 11) is 0. The highest BCUT2D eigenvalue weighted by atomic mass is 16.4. The van der Waals surface area contributed by atoms with Crippen molar-refractivity contribution in [3.05, 3.63) is 36.2 Å². The second-order valence-corrected chi connectivity index (χ2v) is 5.02. The van der Waals surface area contributed by atoms with E-state index in [-0.39, 0.29) is 11.9 Å². The molecular weight excluding hydrogens is 268 g/mol. The summed E-state index contributed by atoms with van der Waals surface area (Å²) in [5.41, 5.74) is 0.896. The molecule has 0 spiro atoms. The maximum absolute atomic E-state index is 11.5. The van der Waals surface area contributed by atoms with Crippen molar-refractivity contribution >= 4 is 5.91 Å². The summed E-state index contributed by atoms with van der Waals surface area (Å²) in [5.74, 6) is 1.05. The van der Waals surface area contributed by atoms with E-state index >= 15 is 0 Å². The zero-order valence-corrected chi connectivity index (χ0v) is 12.3. The van der Waals surface area contributed by atoms with Crippen molar-refractivity contribution in [2.45, 2.75) is 32.9 Å². The Hall–Kier alpha value is -2.21. The number of carbonyl (C=O) groups is 1. The van der Waals surface area contributed by atoms with Crippen molar-refractivity contribution in [1.82, 2.24) is 20.8 Å². The van der Waals surface area contributed by atoms with Crippen LogP contribution in [0.25, 0.3) is 11.5 Å². The van der Waals surface area contributed by atoms with E-state index in [9.17, 15) is 4.79 Å². The van der Waals surface area contributed by atoms with Gasteiger partial charge < -0.3 is 15.1 Å². The molecule has 2 rings (SSSR count). The Kier molecular flexibility index (Phi) is 5.45. The van der Waals surface area contributed by atoms with Crippen LogP contribution in [0, 0.1) is 0 Å². The second kappa shape index (κ2) is 7.54. The fourth-order valence-electron chi connectivity index (χ4n) is 1.81. The van der Waals surface area contributed by atoms with Crippen LogP contribution in [0.15, 0.2) is 34.7 Å². The van der Waals surface area contributed by atoms with Crippen molar-refractivity contribution in [2.75, 3.05) is 6.54 Å². The van der Waals surface area contributed by atoms with Crippen LogP contribution >= 0.6 is 0 Å². The number of rotatable bonds is 7. The Labute approximate surface area is 124 Å². The molecule has 1 aromatic heterocycles. The van der Waals surface area contributed by atoms with Crippen molar-refractivity contribution in [3.8, 4) is 11.5 Å². The van der Waals surface area contributed by atoms with Crippen LogP contribution in [0.5, 0.6) is 0 Å². The summed E-state index contributed by atoms with van der Waals surface area (Å²) in [4.78, 5) is 11.5. The molecule has 0 atom stereocenters. The maximum Gasteiger partial charge on any atom is 0.247 e. The third kappa shape index (κ3) is 5.00. The predicted molar refractivity (Wildman–Crippen MR) is 79.3 cm³/mol. The average Bonchev–Trinajstić information content (AvgIpc) is 2.93. The largest absolute Gasteiger partial charge is 0.419 e. The lowest BCUT2D eigenvalue weighted by molar-refractivity contribution is -0.121. The van der Waals surface area contributed by atoms with Crippen LogP contribution in [0.2, 0.25) is 0 Å². The molecule has 2 N–H and O–H groups in total. The third-order valence-electron chi connectivity index (χ3n) is 2.74. The Balaban J connectivity index is 1.75. The van der Waals surface area contributed by atoms with E-state index < -0.39 is 0 Å². The SMILES string of the molecule is CC(C)NC(=O)CCNCc1nnc(-c2ccccc2)o1. The summed E-state index contributed by atoms with van der Waals surface area (Å²) in [6.45, 7) is 4.90. The first-order chi connectivity index (χ1) is 10.1. The monoisotopic (exact) mass is 288 g/mol. The molecule has 0 saturated carbocycles. The number of carbonyl (C=O) groups excluding carboxylic acids is 1. The standard InChI is InChI=1S/C15H20N4O2/c1-11(2)17-13(20)8-9-16-10-14-18-19-15(21-14)12-6-4-3-5-7-12/h3-7,11,16H,8-10H2,1-2H3,(H,17,20). The van der Waals surface area contributed by atoms with E-state index in [0.29, 0.717) is 31.3 Å². The van der Waals surface area contributed by atoms with E-state index in [0.717, 1.165) is 5.56 Å². The highest BCUT2D eigenvalue weighted by molar-refractivity contribution is 5.76. The van der Waals surface area contributed by atoms with Gasteiger partial charge in [-0.15, -0.1) is 10.2 Å². The van der Waals surface area contributed by atoms with Crippen LogP contribution in [-0.2, 0) is 11.3 Å². The molecule has 0 saturated heterocycles. The van der Waals surface area contributed by atoms with Gasteiger partial charge in [0.25, 0.3) is 0 Å². The lowest BCUT2D eigenvalue weighted by atomic mass is 10.2. The number of nitrogens with zero attached hydrogens (tertiary/aromatic N) is 2. The zero-order valence-electron chi connectivity index (χ0n) is 12.3. The quantitative estimate of drug-likeness (QED) is 0.759. The van der Waals surface area contributed by atoms with Crippen LogP contribution < -0.4 is 10.6 Å². The highest BCUT2D eigenvalue weighted by Crippen LogP contribution is 2.16. The number of hydrogen-bond acceptors (Lipinski definition) is 5. The Morgan fingerprint density at radius 1 is 1.24 bits per heavy atom. The van der Waals surface area contributed by atoms with Crippen LogP contribution in [0.1, 0.15) is 26.2 Å². The topological polar surface area (TPSA) is 80.0 Å². The van der Waals surface area contributed by atoms with Crippen LogP contribution in [-0.4, -0.2) is 28.7 Å². The number of nitrogens with one attached hydrogen (secondary N) is 2. The third-order valence-corrected chi connectivity index (χ3v) is 2.74. The summed E-state index contributed by atoms with van der Waals surface area (Å²) >= 11 is 0. The number of hydrogen-bond donors (Lipinski definition) is 2. The molecule has 112 valence electrons. The van der Waals surface area contributed by atoms with Crippen LogP contribution in [0.3, 0.4) is 0 Å². The molecule has 2 aromatic rings. The lowest BCUT2D eigenvalue weighted by Crippen LogP contribution is -2.32. The molecule has 1 heterocycles. The molecule has 0 radical (unpaired) electrons. The van der Waals surface area contributed by atoms with Gasteiger partial charge in [0.15, 0.2) is 0 Å². The molecular formula is C15H20N4O2. The lowest BCUT2D eigenvalue weighted by Gasteiger charge is -2.07. The van der Waals surface area contributed by atoms with E-state index in [4.69, 9.17) is 4.42 Å². The van der Waals surface area contributed by atoms with Gasteiger partial charge in [-0.25, -0.2) is 0 Å². The van der Waals surface area contributed by atoms with Crippen molar-refractivity contribution in [3.63, 3.8) is 0 Å². The van der Waals surface area contributed by atoms with Gasteiger partial charge in [0.1, 0.15) is 0 Å². The first-order valence-corrected chi connectivity index (χ1v) is 7.03. The molecule has 1 amide bonds. The molecule has 0 aliphatic carbocycles. The minimum atomic E-state index is 0.0352. The number of amides is 1. The molecule has 6 nitrogen and oxygen atoms in total. The molecule has 6 heteroatoms. The maximum atomic E-state index is 11.5. The molecule has 21 heavy (non-hydrogen) atoms. The smallest absolute Gasteiger partial charge is 0.247 e. The molecule has 0 unspecified atom stereocenters. The summed E-state index contributed by atoms with van der Waals surface area (Å²) < 4.78 is 5.56. The molecule has 0 aliphatic rings. The van der Waals surface area contributed by atoms with Crippen molar-refractivity contribution in [2.24, 2.45) is 0 Å². The average molecular weight is 288 g/mol. The number of aromatic nitrogens is 2. The van der Waals surface area contributed by atoms with Gasteiger partial charge in [0.05, 0.1) is 6.54 Å². The van der Waals surface area contributed by atoms with E-state index in [1.165, 1.54) is 0 Å². The van der Waals surface area contributed by atoms with Crippen molar-refractivity contribution < 1.29 is 9.21 Å². The first kappa shape index (κ1) is 15.2. The van der Waals surface area contributed by atoms with E-state index in [1.807, 2.05) is 44.2 Å². The van der Waals surface area contributed by atoms with Crippen molar-refractivity contribution in [1.29, 1.82) is 0 Å². The van der Waals surface area contributed by atoms with Gasteiger partial charge in [-0.2, -0.15) is 0 Å². The minimum absolute atomic E-state index is 0.0352. The van der Waals surface area contributed by atoms with E-state index in [1.54, 1.807) is 0 Å². The minimum Gasteiger partial charge on any atom is -0.419 e. The first-order valence-electron chi connectivity index (χ1n) is 7.03. The van der Waals surface area contributed by atoms with Gasteiger partial charge in [-0.05, 0) is 26.0 Å². The Morgan fingerprint density at radius 2 is 2.00 bits per heavy atom. The molecule has 1 aromatic carbocycles. The van der Waals surface area contributed by atoms with Gasteiger partial charge in [-0.3, -0.25) is 4.79 Å². The highest BCUT2D eigenvalue weighted by Gasteiger charge is 2.08. The molecule has 0 fully saturated rings. The van der Waals surface area contributed by atoms with Gasteiger partial charge in [0, 0.05) is 24.6 Å². The van der Waals surface area contributed by atoms with E-state index in [2.05, 4.69) is 20.8 Å².